The van der Waals surface area contributed by atoms with E-state index >= 15 is 0 Å². The van der Waals surface area contributed by atoms with Gasteiger partial charge < -0.3 is 20.7 Å². The second-order valence-corrected chi connectivity index (χ2v) is 6.07. The molecule has 2 aromatic rings. The van der Waals surface area contributed by atoms with Crippen LogP contribution >= 0.6 is 0 Å². The van der Waals surface area contributed by atoms with Crippen LogP contribution in [0, 0.1) is 12.3 Å². The molecule has 1 unspecified atom stereocenters. The van der Waals surface area contributed by atoms with Crippen LogP contribution in [0.2, 0.25) is 0 Å². The van der Waals surface area contributed by atoms with E-state index in [0.29, 0.717) is 24.3 Å². The van der Waals surface area contributed by atoms with Gasteiger partial charge in [-0.1, -0.05) is 12.8 Å². The fourth-order valence-electron chi connectivity index (χ4n) is 3.10. The summed E-state index contributed by atoms with van der Waals surface area (Å²) in [5, 5.41) is 20.8. The molecule has 9 heteroatoms. The molecule has 0 saturated carbocycles. The summed E-state index contributed by atoms with van der Waals surface area (Å²) in [6.45, 7) is 3.72. The van der Waals surface area contributed by atoms with Gasteiger partial charge in [0.1, 0.15) is 30.2 Å². The lowest BCUT2D eigenvalue weighted by Crippen LogP contribution is -2.40. The van der Waals surface area contributed by atoms with E-state index in [9.17, 15) is 10.2 Å². The molecule has 134 valence electrons. The van der Waals surface area contributed by atoms with Crippen LogP contribution in [0.15, 0.2) is 12.7 Å². The van der Waals surface area contributed by atoms with Crippen molar-refractivity contribution in [2.75, 3.05) is 25.4 Å². The van der Waals surface area contributed by atoms with E-state index in [1.165, 1.54) is 12.7 Å². The fraction of sp³-hybridized carbons (Fsp3) is 0.562. The number of imidazole rings is 1. The molecule has 0 bridgehead atoms. The monoisotopic (exact) mass is 346 g/mol. The van der Waals surface area contributed by atoms with Gasteiger partial charge in [0.15, 0.2) is 17.7 Å². The second-order valence-electron chi connectivity index (χ2n) is 6.07. The van der Waals surface area contributed by atoms with Crippen LogP contribution in [0.4, 0.5) is 5.82 Å². The number of hydrogen-bond donors (Lipinski definition) is 3. The van der Waals surface area contributed by atoms with Crippen molar-refractivity contribution in [2.45, 2.75) is 37.9 Å². The summed E-state index contributed by atoms with van der Waals surface area (Å²) in [7, 11) is 0. The van der Waals surface area contributed by atoms with Gasteiger partial charge in [0.2, 0.25) is 0 Å². The number of nitrogens with zero attached hydrogens (tertiary/aromatic N) is 5. The highest BCUT2D eigenvalue weighted by molar-refractivity contribution is 5.81. The maximum absolute atomic E-state index is 10.4. The third-order valence-electron chi connectivity index (χ3n) is 4.29. The first-order chi connectivity index (χ1) is 12.1. The Morgan fingerprint density at radius 2 is 2.16 bits per heavy atom. The number of terminal acetylenes is 1. The highest BCUT2D eigenvalue weighted by Crippen LogP contribution is 2.32. The molecule has 4 N–H and O–H groups in total. The molecule has 25 heavy (non-hydrogen) atoms. The van der Waals surface area contributed by atoms with Crippen molar-refractivity contribution in [1.29, 1.82) is 0 Å². The molecule has 1 aliphatic rings. The van der Waals surface area contributed by atoms with Gasteiger partial charge in [0, 0.05) is 6.54 Å². The Morgan fingerprint density at radius 1 is 1.36 bits per heavy atom. The van der Waals surface area contributed by atoms with Crippen molar-refractivity contribution in [3.63, 3.8) is 0 Å². The lowest BCUT2D eigenvalue weighted by atomic mass is 10.1. The standard InChI is InChI=1S/C16H22N6O3/c1-3-5-21(6-4-2)7-10-12(23)13(24)16(25-10)22-9-20-11-14(17)18-8-19-15(11)22/h1,8-10,12-13,16,23-24H,4-7H2,2H3,(H2,17,18,19)/t10-,12?,13+,16-/m1/s1. The van der Waals surface area contributed by atoms with Crippen molar-refractivity contribution >= 4 is 17.0 Å². The van der Waals surface area contributed by atoms with Crippen molar-refractivity contribution in [2.24, 2.45) is 0 Å². The van der Waals surface area contributed by atoms with E-state index in [0.717, 1.165) is 13.0 Å². The Bertz CT molecular complexity index is 773. The predicted octanol–water partition coefficient (Wildman–Crippen LogP) is -0.627. The first-order valence-corrected chi connectivity index (χ1v) is 8.17. The number of aromatic nitrogens is 4. The molecule has 0 aromatic carbocycles. The van der Waals surface area contributed by atoms with Gasteiger partial charge in [-0.15, -0.1) is 6.42 Å². The number of fused-ring (bicyclic) bond motifs is 1. The average molecular weight is 346 g/mol. The van der Waals surface area contributed by atoms with E-state index in [4.69, 9.17) is 16.9 Å². The lowest BCUT2D eigenvalue weighted by molar-refractivity contribution is -0.0431. The highest BCUT2D eigenvalue weighted by atomic mass is 16.6. The number of nitrogens with two attached hydrogens (primary N) is 1. The predicted molar refractivity (Wildman–Crippen MR) is 91.2 cm³/mol. The molecule has 1 saturated heterocycles. The molecule has 1 fully saturated rings. The first kappa shape index (κ1) is 17.6. The summed E-state index contributed by atoms with van der Waals surface area (Å²) >= 11 is 0. The van der Waals surface area contributed by atoms with Crippen LogP contribution in [0.3, 0.4) is 0 Å². The molecule has 0 amide bonds. The molecule has 0 radical (unpaired) electrons. The Balaban J connectivity index is 1.82. The molecular weight excluding hydrogens is 324 g/mol. The zero-order valence-corrected chi connectivity index (χ0v) is 14.0. The van der Waals surface area contributed by atoms with E-state index in [1.54, 1.807) is 4.57 Å². The summed E-state index contributed by atoms with van der Waals surface area (Å²) in [5.41, 5.74) is 6.65. The van der Waals surface area contributed by atoms with Crippen LogP contribution < -0.4 is 5.73 Å². The maximum atomic E-state index is 10.4. The first-order valence-electron chi connectivity index (χ1n) is 8.17. The van der Waals surface area contributed by atoms with Crippen LogP contribution in [0.1, 0.15) is 19.6 Å². The quantitative estimate of drug-likeness (QED) is 0.591. The van der Waals surface area contributed by atoms with Crippen molar-refractivity contribution in [1.82, 2.24) is 24.4 Å². The summed E-state index contributed by atoms with van der Waals surface area (Å²) in [6, 6.07) is 0. The molecule has 0 aliphatic carbocycles. The molecule has 1 aliphatic heterocycles. The molecule has 3 heterocycles. The summed E-state index contributed by atoms with van der Waals surface area (Å²) in [5.74, 6) is 2.85. The largest absolute Gasteiger partial charge is 0.387 e. The summed E-state index contributed by atoms with van der Waals surface area (Å²) in [6.07, 6.45) is 5.58. The number of hydrogen-bond acceptors (Lipinski definition) is 8. The van der Waals surface area contributed by atoms with Crippen LogP contribution in [0.5, 0.6) is 0 Å². The Morgan fingerprint density at radius 3 is 2.88 bits per heavy atom. The third kappa shape index (κ3) is 3.29. The minimum absolute atomic E-state index is 0.247. The van der Waals surface area contributed by atoms with Crippen molar-refractivity contribution in [3.8, 4) is 12.3 Å². The highest BCUT2D eigenvalue weighted by Gasteiger charge is 2.44. The molecule has 3 rings (SSSR count). The topological polar surface area (TPSA) is 123 Å². The molecular formula is C16H22N6O3. The normalized spacial score (nSPS) is 26.4. The zero-order chi connectivity index (χ0) is 18.0. The molecule has 9 nitrogen and oxygen atoms in total. The number of aliphatic hydroxyl groups is 2. The van der Waals surface area contributed by atoms with Crippen LogP contribution in [-0.2, 0) is 4.74 Å². The van der Waals surface area contributed by atoms with E-state index < -0.39 is 24.5 Å². The number of ether oxygens (including phenoxy) is 1. The van der Waals surface area contributed by atoms with Gasteiger partial charge in [-0.05, 0) is 13.0 Å². The minimum Gasteiger partial charge on any atom is -0.387 e. The summed E-state index contributed by atoms with van der Waals surface area (Å²) in [4.78, 5) is 14.2. The van der Waals surface area contributed by atoms with Crippen LogP contribution in [0.25, 0.3) is 11.2 Å². The SMILES string of the molecule is C#CCN(CCC)C[C@H]1O[C@@H](n2cnc3c(N)ncnc32)[C@@H](O)C1O. The Hall–Kier alpha value is -2.25. The lowest BCUT2D eigenvalue weighted by Gasteiger charge is -2.24. The maximum Gasteiger partial charge on any atom is 0.167 e. The van der Waals surface area contributed by atoms with Gasteiger partial charge in [-0.2, -0.15) is 0 Å². The third-order valence-corrected chi connectivity index (χ3v) is 4.29. The number of rotatable bonds is 6. The molecule has 2 aromatic heterocycles. The zero-order valence-electron chi connectivity index (χ0n) is 14.0. The van der Waals surface area contributed by atoms with E-state index in [-0.39, 0.29) is 5.82 Å². The number of anilines is 1. The average Bonchev–Trinajstić information content (AvgIpc) is 3.13. The smallest absolute Gasteiger partial charge is 0.167 e. The number of aliphatic hydroxyl groups excluding tert-OH is 2. The van der Waals surface area contributed by atoms with Crippen LogP contribution in [-0.4, -0.2) is 72.6 Å². The second kappa shape index (κ2) is 7.33. The van der Waals surface area contributed by atoms with Crippen molar-refractivity contribution in [3.05, 3.63) is 12.7 Å². The van der Waals surface area contributed by atoms with Crippen molar-refractivity contribution < 1.29 is 14.9 Å². The van der Waals surface area contributed by atoms with Gasteiger partial charge in [-0.3, -0.25) is 9.47 Å². The van der Waals surface area contributed by atoms with Gasteiger partial charge in [0.05, 0.1) is 12.9 Å². The van der Waals surface area contributed by atoms with Gasteiger partial charge in [-0.25, -0.2) is 15.0 Å². The number of nitrogen functional groups attached to an aromatic ring is 1. The van der Waals surface area contributed by atoms with E-state index in [2.05, 4.69) is 27.8 Å². The van der Waals surface area contributed by atoms with E-state index in [1.807, 2.05) is 4.90 Å². The Labute approximate surface area is 145 Å². The molecule has 4 atom stereocenters. The summed E-state index contributed by atoms with van der Waals surface area (Å²) < 4.78 is 7.48. The van der Waals surface area contributed by atoms with Gasteiger partial charge >= 0.3 is 0 Å². The molecule has 0 spiro atoms. The Kier molecular flexibility index (Phi) is 5.15. The minimum atomic E-state index is -1.12. The fourth-order valence-corrected chi connectivity index (χ4v) is 3.10. The van der Waals surface area contributed by atoms with Gasteiger partial charge in [0.25, 0.3) is 0 Å².